The molecule has 2 nitrogen and oxygen atoms in total. The highest BCUT2D eigenvalue weighted by molar-refractivity contribution is 7.97. The summed E-state index contributed by atoms with van der Waals surface area (Å²) in [6.07, 6.45) is 0. The molecule has 3 heteroatoms. The standard InChI is InChI=1S/C29H26O2S/c1-20-7-5-9-22(15-20)18-32-19-23-13-14-27(24-10-6-11-25(17-24)29(30)31)28(16-23)26-12-4-3-8-21(26)2/h3-17H,18-19H2,1-2H3,(H,30,31). The smallest absolute Gasteiger partial charge is 0.335 e. The number of hydrogen-bond donors (Lipinski definition) is 1. The third-order valence-corrected chi connectivity index (χ3v) is 6.63. The van der Waals surface area contributed by atoms with E-state index in [-0.39, 0.29) is 0 Å². The van der Waals surface area contributed by atoms with Crippen molar-refractivity contribution in [3.05, 3.63) is 119 Å². The number of thioether (sulfide) groups is 1. The van der Waals surface area contributed by atoms with Crippen molar-refractivity contribution in [3.63, 3.8) is 0 Å². The van der Waals surface area contributed by atoms with E-state index in [2.05, 4.69) is 74.5 Å². The lowest BCUT2D eigenvalue weighted by Crippen LogP contribution is -1.97. The molecule has 4 rings (SSSR count). The van der Waals surface area contributed by atoms with E-state index in [1.165, 1.54) is 27.8 Å². The van der Waals surface area contributed by atoms with Crippen molar-refractivity contribution in [2.24, 2.45) is 0 Å². The molecule has 4 aromatic rings. The lowest BCUT2D eigenvalue weighted by molar-refractivity contribution is 0.0697. The first-order valence-electron chi connectivity index (χ1n) is 10.7. The molecule has 0 saturated carbocycles. The predicted molar refractivity (Wildman–Crippen MR) is 135 cm³/mol. The van der Waals surface area contributed by atoms with Crippen LogP contribution in [0.2, 0.25) is 0 Å². The van der Waals surface area contributed by atoms with E-state index in [0.29, 0.717) is 5.56 Å². The summed E-state index contributed by atoms with van der Waals surface area (Å²) in [5.74, 6) is 0.986. The molecular weight excluding hydrogens is 412 g/mol. The number of rotatable bonds is 7. The second kappa shape index (κ2) is 9.88. The fourth-order valence-corrected chi connectivity index (χ4v) is 4.87. The lowest BCUT2D eigenvalue weighted by Gasteiger charge is -2.15. The molecule has 1 N–H and O–H groups in total. The summed E-state index contributed by atoms with van der Waals surface area (Å²) in [5.41, 5.74) is 9.68. The average molecular weight is 439 g/mol. The maximum atomic E-state index is 11.5. The predicted octanol–water partition coefficient (Wildman–Crippen LogP) is 7.77. The molecule has 32 heavy (non-hydrogen) atoms. The Hall–Kier alpha value is -3.30. The summed E-state index contributed by atoms with van der Waals surface area (Å²) in [5, 5.41) is 9.44. The van der Waals surface area contributed by atoms with E-state index in [0.717, 1.165) is 28.2 Å². The van der Waals surface area contributed by atoms with Gasteiger partial charge < -0.3 is 5.11 Å². The number of aromatic carboxylic acids is 1. The van der Waals surface area contributed by atoms with Gasteiger partial charge in [-0.25, -0.2) is 4.79 Å². The number of benzene rings is 4. The Morgan fingerprint density at radius 1 is 0.719 bits per heavy atom. The number of carbonyl (C=O) groups is 1. The van der Waals surface area contributed by atoms with Gasteiger partial charge in [0.2, 0.25) is 0 Å². The monoisotopic (exact) mass is 438 g/mol. The molecule has 0 aliphatic rings. The average Bonchev–Trinajstić information content (AvgIpc) is 2.79. The van der Waals surface area contributed by atoms with Crippen molar-refractivity contribution in [2.45, 2.75) is 25.4 Å². The van der Waals surface area contributed by atoms with Gasteiger partial charge in [0.25, 0.3) is 0 Å². The Bertz CT molecular complexity index is 1260. The summed E-state index contributed by atoms with van der Waals surface area (Å²) < 4.78 is 0. The van der Waals surface area contributed by atoms with Gasteiger partial charge in [0.05, 0.1) is 5.56 Å². The van der Waals surface area contributed by atoms with Crippen molar-refractivity contribution in [1.29, 1.82) is 0 Å². The van der Waals surface area contributed by atoms with Gasteiger partial charge >= 0.3 is 5.97 Å². The first kappa shape index (κ1) is 21.9. The highest BCUT2D eigenvalue weighted by atomic mass is 32.2. The van der Waals surface area contributed by atoms with E-state index in [1.807, 2.05) is 30.0 Å². The van der Waals surface area contributed by atoms with Crippen LogP contribution in [-0.2, 0) is 11.5 Å². The molecule has 0 unspecified atom stereocenters. The minimum absolute atomic E-state index is 0.302. The van der Waals surface area contributed by atoms with Crippen LogP contribution >= 0.6 is 11.8 Å². The molecule has 0 aliphatic carbocycles. The highest BCUT2D eigenvalue weighted by Gasteiger charge is 2.13. The molecule has 0 aliphatic heterocycles. The molecule has 0 atom stereocenters. The molecule has 4 aromatic carbocycles. The number of carboxylic acid groups (broad SMARTS) is 1. The molecule has 0 heterocycles. The largest absolute Gasteiger partial charge is 0.478 e. The molecule has 0 amide bonds. The van der Waals surface area contributed by atoms with Gasteiger partial charge in [-0.05, 0) is 71.0 Å². The minimum Gasteiger partial charge on any atom is -0.478 e. The first-order valence-corrected chi connectivity index (χ1v) is 11.8. The molecule has 0 fully saturated rings. The molecule has 0 aromatic heterocycles. The number of hydrogen-bond acceptors (Lipinski definition) is 2. The second-order valence-electron chi connectivity index (χ2n) is 8.06. The third-order valence-electron chi connectivity index (χ3n) is 5.56. The van der Waals surface area contributed by atoms with Gasteiger partial charge in [-0.2, -0.15) is 11.8 Å². The summed E-state index contributed by atoms with van der Waals surface area (Å²) in [6.45, 7) is 4.24. The maximum Gasteiger partial charge on any atom is 0.335 e. The van der Waals surface area contributed by atoms with Crippen LogP contribution in [0.4, 0.5) is 0 Å². The zero-order valence-corrected chi connectivity index (χ0v) is 19.2. The van der Waals surface area contributed by atoms with Crippen molar-refractivity contribution >= 4 is 17.7 Å². The third kappa shape index (κ3) is 5.12. The van der Waals surface area contributed by atoms with Gasteiger partial charge in [0, 0.05) is 11.5 Å². The Morgan fingerprint density at radius 3 is 2.22 bits per heavy atom. The Labute approximate surface area is 194 Å². The van der Waals surface area contributed by atoms with Crippen LogP contribution in [0.25, 0.3) is 22.3 Å². The van der Waals surface area contributed by atoms with Crippen molar-refractivity contribution < 1.29 is 9.90 Å². The zero-order valence-electron chi connectivity index (χ0n) is 18.3. The second-order valence-corrected chi connectivity index (χ2v) is 9.05. The van der Waals surface area contributed by atoms with Crippen LogP contribution in [0, 0.1) is 13.8 Å². The molecule has 0 bridgehead atoms. The van der Waals surface area contributed by atoms with E-state index in [9.17, 15) is 9.90 Å². The summed E-state index contributed by atoms with van der Waals surface area (Å²) in [4.78, 5) is 11.5. The van der Waals surface area contributed by atoms with E-state index >= 15 is 0 Å². The van der Waals surface area contributed by atoms with Crippen molar-refractivity contribution in [1.82, 2.24) is 0 Å². The molecule has 0 radical (unpaired) electrons. The van der Waals surface area contributed by atoms with Crippen LogP contribution in [0.15, 0.2) is 91.0 Å². The Morgan fingerprint density at radius 2 is 1.47 bits per heavy atom. The van der Waals surface area contributed by atoms with E-state index < -0.39 is 5.97 Å². The fourth-order valence-electron chi connectivity index (χ4n) is 3.94. The lowest BCUT2D eigenvalue weighted by atomic mass is 9.90. The minimum atomic E-state index is -0.909. The van der Waals surface area contributed by atoms with E-state index in [1.54, 1.807) is 12.1 Å². The normalized spacial score (nSPS) is 10.8. The molecular formula is C29H26O2S. The summed E-state index contributed by atoms with van der Waals surface area (Å²) >= 11 is 1.91. The van der Waals surface area contributed by atoms with Gasteiger partial charge in [0.1, 0.15) is 0 Å². The quantitative estimate of drug-likeness (QED) is 0.320. The number of aryl methyl sites for hydroxylation is 2. The topological polar surface area (TPSA) is 37.3 Å². The SMILES string of the molecule is Cc1cccc(CSCc2ccc(-c3cccc(C(=O)O)c3)c(-c3ccccc3C)c2)c1. The maximum absolute atomic E-state index is 11.5. The highest BCUT2D eigenvalue weighted by Crippen LogP contribution is 2.36. The van der Waals surface area contributed by atoms with Crippen molar-refractivity contribution in [3.8, 4) is 22.3 Å². The zero-order chi connectivity index (χ0) is 22.5. The van der Waals surface area contributed by atoms with Crippen LogP contribution in [0.5, 0.6) is 0 Å². The van der Waals surface area contributed by atoms with Crippen LogP contribution in [0.1, 0.15) is 32.6 Å². The van der Waals surface area contributed by atoms with Crippen LogP contribution < -0.4 is 0 Å². The Kier molecular flexibility index (Phi) is 6.77. The molecule has 0 saturated heterocycles. The fraction of sp³-hybridized carbons (Fsp3) is 0.138. The van der Waals surface area contributed by atoms with Crippen LogP contribution in [0.3, 0.4) is 0 Å². The molecule has 160 valence electrons. The first-order chi connectivity index (χ1) is 15.5. The van der Waals surface area contributed by atoms with Gasteiger partial charge in [-0.1, -0.05) is 78.4 Å². The summed E-state index contributed by atoms with van der Waals surface area (Å²) in [7, 11) is 0. The van der Waals surface area contributed by atoms with Crippen LogP contribution in [-0.4, -0.2) is 11.1 Å². The van der Waals surface area contributed by atoms with Crippen molar-refractivity contribution in [2.75, 3.05) is 0 Å². The van der Waals surface area contributed by atoms with Gasteiger partial charge in [-0.3, -0.25) is 0 Å². The van der Waals surface area contributed by atoms with E-state index in [4.69, 9.17) is 0 Å². The van der Waals surface area contributed by atoms with Gasteiger partial charge in [0.15, 0.2) is 0 Å². The Balaban J connectivity index is 1.67. The number of carboxylic acids is 1. The summed E-state index contributed by atoms with van der Waals surface area (Å²) in [6, 6.07) is 30.7. The van der Waals surface area contributed by atoms with Gasteiger partial charge in [-0.15, -0.1) is 0 Å². The molecule has 0 spiro atoms.